The van der Waals surface area contributed by atoms with Crippen LogP contribution in [0.25, 0.3) is 0 Å². The van der Waals surface area contributed by atoms with E-state index in [0.29, 0.717) is 12.5 Å². The Morgan fingerprint density at radius 1 is 1.19 bits per heavy atom. The standard InChI is InChI=1S/C23H28N2O/c1-23(26,15-13-20-9-3-2-4-10-20)14-8-18-25-17-6-5-12-22(25)21-11-7-16-24-19-21/h2-4,7,9-11,16,19,22,26H,5-6,12-13,15,17-18H2,1H3/p+1/t22-,23-/m1/s1. The molecule has 0 spiro atoms. The molecule has 1 aromatic heterocycles. The summed E-state index contributed by atoms with van der Waals surface area (Å²) in [5, 5.41) is 10.6. The van der Waals surface area contributed by atoms with Crippen LogP contribution in [0.3, 0.4) is 0 Å². The van der Waals surface area contributed by atoms with E-state index in [2.05, 4.69) is 35.0 Å². The highest BCUT2D eigenvalue weighted by molar-refractivity contribution is 5.18. The normalized spacial score (nSPS) is 22.1. The Bertz CT molecular complexity index is 731. The molecule has 3 atom stereocenters. The SMILES string of the molecule is C[C@@](O)(C#CC[NH+]1CCCC[C@@H]1c1cccnc1)CCc1ccccc1. The van der Waals surface area contributed by atoms with Gasteiger partial charge < -0.3 is 10.0 Å². The van der Waals surface area contributed by atoms with Crippen molar-refractivity contribution in [2.45, 2.75) is 50.7 Å². The molecule has 0 bridgehead atoms. The molecule has 1 aliphatic heterocycles. The quantitative estimate of drug-likeness (QED) is 0.814. The predicted octanol–water partition coefficient (Wildman–Crippen LogP) is 2.58. The maximum absolute atomic E-state index is 10.6. The average molecular weight is 349 g/mol. The van der Waals surface area contributed by atoms with Crippen LogP contribution in [0.15, 0.2) is 54.9 Å². The van der Waals surface area contributed by atoms with Gasteiger partial charge in [0.15, 0.2) is 0 Å². The smallest absolute Gasteiger partial charge is 0.139 e. The summed E-state index contributed by atoms with van der Waals surface area (Å²) in [6, 6.07) is 14.9. The number of aryl methyl sites for hydroxylation is 1. The van der Waals surface area contributed by atoms with Crippen molar-refractivity contribution in [2.24, 2.45) is 0 Å². The van der Waals surface area contributed by atoms with Gasteiger partial charge in [-0.15, -0.1) is 0 Å². The average Bonchev–Trinajstić information content (AvgIpc) is 2.68. The summed E-state index contributed by atoms with van der Waals surface area (Å²) < 4.78 is 0. The van der Waals surface area contributed by atoms with Gasteiger partial charge in [0.25, 0.3) is 0 Å². The first kappa shape index (κ1) is 18.6. The Kier molecular flexibility index (Phi) is 6.44. The molecule has 1 aliphatic rings. The minimum Gasteiger partial charge on any atom is -0.378 e. The van der Waals surface area contributed by atoms with E-state index < -0.39 is 5.60 Å². The highest BCUT2D eigenvalue weighted by atomic mass is 16.3. The van der Waals surface area contributed by atoms with Crippen molar-refractivity contribution >= 4 is 0 Å². The zero-order valence-corrected chi connectivity index (χ0v) is 15.6. The second-order valence-electron chi connectivity index (χ2n) is 7.48. The second kappa shape index (κ2) is 8.98. The lowest BCUT2D eigenvalue weighted by atomic mass is 9.96. The van der Waals surface area contributed by atoms with Crippen LogP contribution in [0.4, 0.5) is 0 Å². The van der Waals surface area contributed by atoms with Crippen molar-refractivity contribution < 1.29 is 10.0 Å². The molecule has 1 aromatic carbocycles. The van der Waals surface area contributed by atoms with Crippen LogP contribution in [-0.2, 0) is 6.42 Å². The molecule has 3 rings (SSSR count). The van der Waals surface area contributed by atoms with Crippen LogP contribution < -0.4 is 4.90 Å². The number of pyridine rings is 1. The van der Waals surface area contributed by atoms with E-state index in [1.807, 2.05) is 43.6 Å². The minimum absolute atomic E-state index is 0.473. The highest BCUT2D eigenvalue weighted by Gasteiger charge is 2.27. The summed E-state index contributed by atoms with van der Waals surface area (Å²) in [7, 11) is 0. The van der Waals surface area contributed by atoms with Crippen molar-refractivity contribution in [3.05, 3.63) is 66.0 Å². The minimum atomic E-state index is -0.936. The van der Waals surface area contributed by atoms with E-state index >= 15 is 0 Å². The Hall–Kier alpha value is -2.15. The van der Waals surface area contributed by atoms with Gasteiger partial charge in [-0.25, -0.2) is 0 Å². The molecule has 1 unspecified atom stereocenters. The lowest BCUT2D eigenvalue weighted by molar-refractivity contribution is -0.930. The molecule has 2 heterocycles. The van der Waals surface area contributed by atoms with Crippen molar-refractivity contribution in [1.29, 1.82) is 0 Å². The molecule has 136 valence electrons. The van der Waals surface area contributed by atoms with Gasteiger partial charge in [-0.1, -0.05) is 42.3 Å². The maximum atomic E-state index is 10.6. The number of quaternary nitrogens is 1. The summed E-state index contributed by atoms with van der Waals surface area (Å²) >= 11 is 0. The number of aliphatic hydroxyl groups is 1. The van der Waals surface area contributed by atoms with Gasteiger partial charge in [-0.2, -0.15) is 0 Å². The van der Waals surface area contributed by atoms with E-state index in [1.54, 1.807) is 0 Å². The molecule has 26 heavy (non-hydrogen) atoms. The van der Waals surface area contributed by atoms with Gasteiger partial charge in [0.05, 0.1) is 6.54 Å². The number of hydrogen-bond donors (Lipinski definition) is 2. The number of benzene rings is 1. The Morgan fingerprint density at radius 2 is 2.04 bits per heavy atom. The zero-order valence-electron chi connectivity index (χ0n) is 15.6. The monoisotopic (exact) mass is 349 g/mol. The number of likely N-dealkylation sites (tertiary alicyclic amines) is 1. The lowest BCUT2D eigenvalue weighted by Gasteiger charge is -2.31. The topological polar surface area (TPSA) is 37.6 Å². The second-order valence-corrected chi connectivity index (χ2v) is 7.48. The molecule has 0 amide bonds. The van der Waals surface area contributed by atoms with Gasteiger partial charge in [0.1, 0.15) is 18.2 Å². The largest absolute Gasteiger partial charge is 0.378 e. The molecule has 2 aromatic rings. The molecule has 0 aliphatic carbocycles. The van der Waals surface area contributed by atoms with Crippen molar-refractivity contribution in [3.63, 3.8) is 0 Å². The van der Waals surface area contributed by atoms with Gasteiger partial charge in [-0.3, -0.25) is 4.98 Å². The first-order valence-electron chi connectivity index (χ1n) is 9.65. The van der Waals surface area contributed by atoms with Crippen LogP contribution in [0.5, 0.6) is 0 Å². The number of rotatable bonds is 5. The number of nitrogens with zero attached hydrogens (tertiary/aromatic N) is 1. The number of hydrogen-bond acceptors (Lipinski definition) is 2. The first-order chi connectivity index (χ1) is 12.6. The van der Waals surface area contributed by atoms with E-state index in [0.717, 1.165) is 19.5 Å². The fourth-order valence-corrected chi connectivity index (χ4v) is 3.72. The molecule has 1 fully saturated rings. The number of nitrogens with one attached hydrogen (secondary N) is 1. The summed E-state index contributed by atoms with van der Waals surface area (Å²) in [6.45, 7) is 3.74. The Morgan fingerprint density at radius 3 is 2.81 bits per heavy atom. The fraction of sp³-hybridized carbons (Fsp3) is 0.435. The zero-order chi connectivity index (χ0) is 18.2. The third kappa shape index (κ3) is 5.42. The van der Waals surface area contributed by atoms with Crippen molar-refractivity contribution in [3.8, 4) is 11.8 Å². The molecular weight excluding hydrogens is 320 g/mol. The summed E-state index contributed by atoms with van der Waals surface area (Å²) in [6.07, 6.45) is 9.02. The van der Waals surface area contributed by atoms with E-state index in [4.69, 9.17) is 0 Å². The summed E-state index contributed by atoms with van der Waals surface area (Å²) in [5.41, 5.74) is 1.61. The number of piperidine rings is 1. The fourth-order valence-electron chi connectivity index (χ4n) is 3.72. The van der Waals surface area contributed by atoms with Crippen LogP contribution in [0.1, 0.15) is 49.8 Å². The van der Waals surface area contributed by atoms with Crippen LogP contribution in [0.2, 0.25) is 0 Å². The molecule has 0 saturated carbocycles. The van der Waals surface area contributed by atoms with E-state index in [-0.39, 0.29) is 0 Å². The van der Waals surface area contributed by atoms with Gasteiger partial charge in [-0.05, 0) is 50.2 Å². The van der Waals surface area contributed by atoms with Crippen LogP contribution >= 0.6 is 0 Å². The Balaban J connectivity index is 1.58. The first-order valence-corrected chi connectivity index (χ1v) is 9.65. The van der Waals surface area contributed by atoms with Crippen molar-refractivity contribution in [1.82, 2.24) is 4.98 Å². The highest BCUT2D eigenvalue weighted by Crippen LogP contribution is 2.18. The molecule has 3 heteroatoms. The summed E-state index contributed by atoms with van der Waals surface area (Å²) in [4.78, 5) is 5.77. The molecule has 0 radical (unpaired) electrons. The van der Waals surface area contributed by atoms with Gasteiger partial charge >= 0.3 is 0 Å². The third-order valence-corrected chi connectivity index (χ3v) is 5.24. The molecule has 3 nitrogen and oxygen atoms in total. The van der Waals surface area contributed by atoms with E-state index in [1.165, 1.54) is 35.3 Å². The lowest BCUT2D eigenvalue weighted by Crippen LogP contribution is -3.13. The molecule has 2 N–H and O–H groups in total. The van der Waals surface area contributed by atoms with Crippen LogP contribution in [0, 0.1) is 11.8 Å². The Labute approximate surface area is 157 Å². The van der Waals surface area contributed by atoms with E-state index in [9.17, 15) is 5.11 Å². The number of aromatic nitrogens is 1. The van der Waals surface area contributed by atoms with Crippen molar-refractivity contribution in [2.75, 3.05) is 13.1 Å². The van der Waals surface area contributed by atoms with Crippen LogP contribution in [-0.4, -0.2) is 28.8 Å². The van der Waals surface area contributed by atoms with Gasteiger partial charge in [0, 0.05) is 24.4 Å². The molecular formula is C23H29N2O+. The predicted molar refractivity (Wildman–Crippen MR) is 105 cm³/mol. The maximum Gasteiger partial charge on any atom is 0.139 e. The summed E-state index contributed by atoms with van der Waals surface area (Å²) in [5.74, 6) is 6.39. The third-order valence-electron chi connectivity index (χ3n) is 5.24. The molecule has 1 saturated heterocycles. The van der Waals surface area contributed by atoms with Gasteiger partial charge in [0.2, 0.25) is 0 Å².